The van der Waals surface area contributed by atoms with Crippen LogP contribution in [0.2, 0.25) is 0 Å². The van der Waals surface area contributed by atoms with Crippen LogP contribution in [0.1, 0.15) is 37.8 Å². The summed E-state index contributed by atoms with van der Waals surface area (Å²) in [4.78, 5) is 26.7. The average molecular weight is 457 g/mol. The zero-order chi connectivity index (χ0) is 24.0. The molecule has 0 fully saturated rings. The van der Waals surface area contributed by atoms with Crippen LogP contribution in [0.25, 0.3) is 21.9 Å². The van der Waals surface area contributed by atoms with Crippen molar-refractivity contribution in [1.82, 2.24) is 0 Å². The first-order valence-electron chi connectivity index (χ1n) is 10.6. The third kappa shape index (κ3) is 3.51. The summed E-state index contributed by atoms with van der Waals surface area (Å²) < 4.78 is 31.0. The summed E-state index contributed by atoms with van der Waals surface area (Å²) in [6.45, 7) is 3.30. The summed E-state index contributed by atoms with van der Waals surface area (Å²) in [7, 11) is 1.54. The number of aryl methyl sites for hydroxylation is 2. The standard InChI is InChI=1S/C27H20FNO5/c1-14-8-9-16(12-20(14)28)25(30)26-24(18-6-4-5-7-21(18)34-26)29-27(31)23-15(2)33-22-11-10-17(32-3)13-19(22)23/h4-13H,1-3H3,(H,29,31). The summed E-state index contributed by atoms with van der Waals surface area (Å²) >= 11 is 0. The SMILES string of the molecule is COc1ccc2oc(C)c(C(=O)Nc3c(C(=O)c4ccc(C)c(F)c4)oc4ccccc34)c2c1. The summed E-state index contributed by atoms with van der Waals surface area (Å²) in [5, 5.41) is 3.97. The van der Waals surface area contributed by atoms with E-state index in [-0.39, 0.29) is 17.0 Å². The second kappa shape index (κ2) is 8.19. The van der Waals surface area contributed by atoms with Gasteiger partial charge in [-0.1, -0.05) is 24.3 Å². The van der Waals surface area contributed by atoms with Gasteiger partial charge in [-0.25, -0.2) is 4.39 Å². The van der Waals surface area contributed by atoms with E-state index in [4.69, 9.17) is 13.6 Å². The molecule has 1 amide bonds. The third-order valence-electron chi connectivity index (χ3n) is 5.77. The van der Waals surface area contributed by atoms with Gasteiger partial charge < -0.3 is 18.9 Å². The highest BCUT2D eigenvalue weighted by molar-refractivity contribution is 6.21. The number of fused-ring (bicyclic) bond motifs is 2. The van der Waals surface area contributed by atoms with Gasteiger partial charge in [0.1, 0.15) is 28.5 Å². The molecular weight excluding hydrogens is 437 g/mol. The number of hydrogen-bond acceptors (Lipinski definition) is 5. The van der Waals surface area contributed by atoms with Crippen LogP contribution in [0.3, 0.4) is 0 Å². The predicted molar refractivity (Wildman–Crippen MR) is 126 cm³/mol. The number of halogens is 1. The molecule has 6 nitrogen and oxygen atoms in total. The van der Waals surface area contributed by atoms with Gasteiger partial charge in [-0.05, 0) is 55.8 Å². The van der Waals surface area contributed by atoms with Crippen LogP contribution in [-0.4, -0.2) is 18.8 Å². The molecular formula is C27H20FNO5. The molecule has 0 saturated carbocycles. The number of carbonyl (C=O) groups excluding carboxylic acids is 2. The molecule has 0 atom stereocenters. The highest BCUT2D eigenvalue weighted by atomic mass is 19.1. The van der Waals surface area contributed by atoms with Crippen molar-refractivity contribution in [1.29, 1.82) is 0 Å². The van der Waals surface area contributed by atoms with Gasteiger partial charge in [-0.2, -0.15) is 0 Å². The maximum Gasteiger partial charge on any atom is 0.259 e. The minimum absolute atomic E-state index is 0.0826. The Morgan fingerprint density at radius 2 is 1.68 bits per heavy atom. The van der Waals surface area contributed by atoms with Crippen molar-refractivity contribution < 1.29 is 27.6 Å². The van der Waals surface area contributed by atoms with Crippen molar-refractivity contribution in [3.8, 4) is 5.75 Å². The van der Waals surface area contributed by atoms with E-state index in [0.717, 1.165) is 6.07 Å². The summed E-state index contributed by atoms with van der Waals surface area (Å²) in [6.07, 6.45) is 0. The lowest BCUT2D eigenvalue weighted by Gasteiger charge is -2.07. The van der Waals surface area contributed by atoms with Crippen LogP contribution in [0.5, 0.6) is 5.75 Å². The Balaban J connectivity index is 1.61. The molecule has 5 aromatic rings. The molecule has 0 bridgehead atoms. The Morgan fingerprint density at radius 3 is 2.44 bits per heavy atom. The number of nitrogens with one attached hydrogen (secondary N) is 1. The van der Waals surface area contributed by atoms with Crippen LogP contribution in [-0.2, 0) is 0 Å². The largest absolute Gasteiger partial charge is 0.497 e. The zero-order valence-electron chi connectivity index (χ0n) is 18.7. The summed E-state index contributed by atoms with van der Waals surface area (Å²) in [5.41, 5.74) is 2.03. The lowest BCUT2D eigenvalue weighted by atomic mass is 10.0. The summed E-state index contributed by atoms with van der Waals surface area (Å²) in [6, 6.07) is 16.4. The van der Waals surface area contributed by atoms with Crippen LogP contribution >= 0.6 is 0 Å². The first kappa shape index (κ1) is 21.5. The first-order chi connectivity index (χ1) is 16.4. The molecule has 0 radical (unpaired) electrons. The number of carbonyl (C=O) groups is 2. The second-order valence-electron chi connectivity index (χ2n) is 7.94. The normalized spacial score (nSPS) is 11.2. The van der Waals surface area contributed by atoms with Gasteiger partial charge in [-0.3, -0.25) is 9.59 Å². The summed E-state index contributed by atoms with van der Waals surface area (Å²) in [5.74, 6) is -0.598. The van der Waals surface area contributed by atoms with Crippen molar-refractivity contribution in [3.63, 3.8) is 0 Å². The monoisotopic (exact) mass is 457 g/mol. The number of ketones is 1. The van der Waals surface area contributed by atoms with Crippen molar-refractivity contribution in [2.75, 3.05) is 12.4 Å². The number of rotatable bonds is 5. The number of hydrogen-bond donors (Lipinski definition) is 1. The number of benzene rings is 3. The molecule has 1 N–H and O–H groups in total. The van der Waals surface area contributed by atoms with E-state index in [1.807, 2.05) is 0 Å². The first-order valence-corrected chi connectivity index (χ1v) is 10.6. The highest BCUT2D eigenvalue weighted by Gasteiger charge is 2.26. The van der Waals surface area contributed by atoms with Crippen LogP contribution < -0.4 is 10.1 Å². The third-order valence-corrected chi connectivity index (χ3v) is 5.77. The van der Waals surface area contributed by atoms with Crippen molar-refractivity contribution in [2.45, 2.75) is 13.8 Å². The van der Waals surface area contributed by atoms with Gasteiger partial charge in [0, 0.05) is 16.3 Å². The van der Waals surface area contributed by atoms with Gasteiger partial charge in [0.05, 0.1) is 18.4 Å². The lowest BCUT2D eigenvalue weighted by molar-refractivity contribution is 0.101. The number of anilines is 1. The minimum Gasteiger partial charge on any atom is -0.497 e. The molecule has 34 heavy (non-hydrogen) atoms. The maximum atomic E-state index is 14.1. The van der Waals surface area contributed by atoms with E-state index >= 15 is 0 Å². The molecule has 2 heterocycles. The molecule has 2 aromatic heterocycles. The molecule has 5 rings (SSSR count). The van der Waals surface area contributed by atoms with Gasteiger partial charge in [0.25, 0.3) is 5.91 Å². The fourth-order valence-electron chi connectivity index (χ4n) is 3.98. The van der Waals surface area contributed by atoms with Gasteiger partial charge >= 0.3 is 0 Å². The minimum atomic E-state index is -0.541. The Kier molecular flexibility index (Phi) is 5.17. The van der Waals surface area contributed by atoms with Crippen molar-refractivity contribution in [2.24, 2.45) is 0 Å². The van der Waals surface area contributed by atoms with Gasteiger partial charge in [0.2, 0.25) is 5.78 Å². The molecule has 0 spiro atoms. The fourth-order valence-corrected chi connectivity index (χ4v) is 3.98. The Bertz CT molecular complexity index is 1590. The Morgan fingerprint density at radius 1 is 0.912 bits per heavy atom. The molecule has 3 aromatic carbocycles. The second-order valence-corrected chi connectivity index (χ2v) is 7.94. The maximum absolute atomic E-state index is 14.1. The zero-order valence-corrected chi connectivity index (χ0v) is 18.7. The van der Waals surface area contributed by atoms with Gasteiger partial charge in [0.15, 0.2) is 5.76 Å². The number of para-hydroxylation sites is 1. The number of amides is 1. The van der Waals surface area contributed by atoms with E-state index in [1.165, 1.54) is 19.2 Å². The van der Waals surface area contributed by atoms with Crippen LogP contribution in [0.15, 0.2) is 69.5 Å². The lowest BCUT2D eigenvalue weighted by Crippen LogP contribution is -2.15. The molecule has 0 unspecified atom stereocenters. The van der Waals surface area contributed by atoms with E-state index in [0.29, 0.717) is 44.6 Å². The Labute approximate surface area is 193 Å². The van der Waals surface area contributed by atoms with Crippen LogP contribution in [0, 0.1) is 19.7 Å². The topological polar surface area (TPSA) is 81.7 Å². The Hall–Kier alpha value is -4.39. The van der Waals surface area contributed by atoms with E-state index in [9.17, 15) is 14.0 Å². The fraction of sp³-hybridized carbons (Fsp3) is 0.111. The highest BCUT2D eigenvalue weighted by Crippen LogP contribution is 2.35. The number of ether oxygens (including phenoxy) is 1. The molecule has 0 aliphatic heterocycles. The molecule has 0 aliphatic rings. The van der Waals surface area contributed by atoms with Crippen molar-refractivity contribution in [3.05, 3.63) is 94.7 Å². The molecule has 7 heteroatoms. The molecule has 0 saturated heterocycles. The number of methoxy groups -OCH3 is 1. The van der Waals surface area contributed by atoms with E-state index in [1.54, 1.807) is 56.3 Å². The van der Waals surface area contributed by atoms with Gasteiger partial charge in [-0.15, -0.1) is 0 Å². The number of furan rings is 2. The van der Waals surface area contributed by atoms with Crippen molar-refractivity contribution >= 4 is 39.3 Å². The quantitative estimate of drug-likeness (QED) is 0.308. The van der Waals surface area contributed by atoms with Crippen LogP contribution in [0.4, 0.5) is 10.1 Å². The van der Waals surface area contributed by atoms with E-state index in [2.05, 4.69) is 5.32 Å². The average Bonchev–Trinajstić information content (AvgIpc) is 3.36. The molecule has 170 valence electrons. The van der Waals surface area contributed by atoms with E-state index < -0.39 is 17.5 Å². The molecule has 0 aliphatic carbocycles. The smallest absolute Gasteiger partial charge is 0.259 e. The predicted octanol–water partition coefficient (Wildman–Crippen LogP) is 6.43.